The molecule has 8 atom stereocenters. The number of ether oxygens (including phenoxy) is 2. The zero-order valence-corrected chi connectivity index (χ0v) is 33.9. The van der Waals surface area contributed by atoms with Gasteiger partial charge in [0.1, 0.15) is 24.2 Å². The Bertz CT molecular complexity index is 1580. The van der Waals surface area contributed by atoms with E-state index in [0.29, 0.717) is 62.9 Å². The Morgan fingerprint density at radius 2 is 1.02 bits per heavy atom. The van der Waals surface area contributed by atoms with Crippen LogP contribution in [0, 0.1) is 11.8 Å². The molecule has 0 bridgehead atoms. The highest BCUT2D eigenvalue weighted by molar-refractivity contribution is 8.00. The Balaban J connectivity index is 1.20. The minimum Gasteiger partial charge on any atom is -0.467 e. The number of carbonyl (C=O) groups excluding carboxylic acids is 6. The van der Waals surface area contributed by atoms with E-state index in [4.69, 9.17) is 9.47 Å². The van der Waals surface area contributed by atoms with Crippen molar-refractivity contribution in [3.05, 3.63) is 71.8 Å². The average molecular weight is 807 g/mol. The highest BCUT2D eigenvalue weighted by Crippen LogP contribution is 2.36. The van der Waals surface area contributed by atoms with Gasteiger partial charge < -0.3 is 29.9 Å². The normalized spacial score (nSPS) is 26.3. The van der Waals surface area contributed by atoms with Gasteiger partial charge in [-0.3, -0.25) is 19.2 Å². The highest BCUT2D eigenvalue weighted by atomic mass is 32.2. The van der Waals surface area contributed by atoms with Crippen LogP contribution in [0.4, 0.5) is 0 Å². The molecule has 4 saturated heterocycles. The topological polar surface area (TPSA) is 151 Å². The quantitative estimate of drug-likeness (QED) is 0.277. The zero-order valence-electron chi connectivity index (χ0n) is 32.3. The number of piperidine rings is 2. The maximum atomic E-state index is 14.3. The zero-order chi connectivity index (χ0) is 39.6. The maximum absolute atomic E-state index is 14.3. The third-order valence-electron chi connectivity index (χ3n) is 11.5. The second-order valence-corrected chi connectivity index (χ2v) is 17.7. The minimum atomic E-state index is -0.793. The molecule has 14 heteroatoms. The highest BCUT2D eigenvalue weighted by Gasteiger charge is 2.45. The summed E-state index contributed by atoms with van der Waals surface area (Å²) in [7, 11) is 2.66. The number of rotatable bonds is 13. The molecule has 0 unspecified atom stereocenters. The van der Waals surface area contributed by atoms with E-state index in [-0.39, 0.29) is 34.4 Å². The lowest BCUT2D eigenvalue weighted by Crippen LogP contribution is -2.58. The number of hydrogen-bond acceptors (Lipinski definition) is 10. The molecule has 12 nitrogen and oxygen atoms in total. The van der Waals surface area contributed by atoms with E-state index in [1.807, 2.05) is 60.7 Å². The predicted octanol–water partition coefficient (Wildman–Crippen LogP) is 4.49. The van der Waals surface area contributed by atoms with Crippen molar-refractivity contribution in [2.75, 3.05) is 25.7 Å². The van der Waals surface area contributed by atoms with E-state index in [1.54, 1.807) is 33.3 Å². The van der Waals surface area contributed by atoms with Gasteiger partial charge in [-0.15, -0.1) is 23.5 Å². The van der Waals surface area contributed by atoms with E-state index in [9.17, 15) is 28.8 Å². The Hall–Kier alpha value is -4.04. The lowest BCUT2D eigenvalue weighted by molar-refractivity contribution is -0.156. The average Bonchev–Trinajstić information content (AvgIpc) is 3.48. The van der Waals surface area contributed by atoms with E-state index in [0.717, 1.165) is 36.8 Å². The van der Waals surface area contributed by atoms with Crippen molar-refractivity contribution in [1.82, 2.24) is 20.4 Å². The monoisotopic (exact) mass is 806 g/mol. The van der Waals surface area contributed by atoms with Crippen molar-refractivity contribution >= 4 is 59.1 Å². The van der Waals surface area contributed by atoms with Gasteiger partial charge in [-0.25, -0.2) is 9.59 Å². The maximum Gasteiger partial charge on any atom is 0.328 e. The third-order valence-corrected chi connectivity index (χ3v) is 14.2. The first-order chi connectivity index (χ1) is 27.2. The SMILES string of the molecule is COC(=O)[C@@H]1CCC[C@@H]2SCC[C@H](NC(=O)[C@H](CC[C@H](Cc3ccccc3)C(=O)N[C@H]3CCS[C@H]4CCC[C@@H](C(=O)OC)N4C3=O)Cc3ccccc3)C(=O)N21. The molecule has 2 N–H and O–H groups in total. The predicted molar refractivity (Wildman–Crippen MR) is 215 cm³/mol. The number of nitrogens with zero attached hydrogens (tertiary/aromatic N) is 2. The lowest BCUT2D eigenvalue weighted by atomic mass is 9.86. The van der Waals surface area contributed by atoms with E-state index in [1.165, 1.54) is 14.2 Å². The van der Waals surface area contributed by atoms with Crippen molar-refractivity contribution in [3.8, 4) is 0 Å². The molecule has 0 radical (unpaired) electrons. The second kappa shape index (κ2) is 19.9. The molecular formula is C42H54N4O8S2. The van der Waals surface area contributed by atoms with Crippen LogP contribution in [0.3, 0.4) is 0 Å². The summed E-state index contributed by atoms with van der Waals surface area (Å²) in [6.07, 6.45) is 6.63. The number of amides is 4. The van der Waals surface area contributed by atoms with Gasteiger partial charge in [-0.1, -0.05) is 60.7 Å². The molecule has 0 spiro atoms. The molecule has 2 aromatic carbocycles. The fraction of sp³-hybridized carbons (Fsp3) is 0.571. The minimum absolute atomic E-state index is 0.147. The van der Waals surface area contributed by atoms with Crippen LogP contribution in [0.25, 0.3) is 0 Å². The van der Waals surface area contributed by atoms with Gasteiger partial charge in [0.05, 0.1) is 25.0 Å². The van der Waals surface area contributed by atoms with Crippen LogP contribution in [0.5, 0.6) is 0 Å². The first-order valence-corrected chi connectivity index (χ1v) is 22.0. The number of carbonyl (C=O) groups is 6. The number of methoxy groups -OCH3 is 2. The van der Waals surface area contributed by atoms with Crippen LogP contribution in [0.2, 0.25) is 0 Å². The molecule has 4 aliphatic heterocycles. The Kier molecular flexibility index (Phi) is 14.8. The Labute approximate surface area is 337 Å². The molecule has 4 aliphatic rings. The summed E-state index contributed by atoms with van der Waals surface area (Å²) in [5.41, 5.74) is 1.92. The van der Waals surface area contributed by atoms with Crippen LogP contribution in [0.15, 0.2) is 60.7 Å². The first-order valence-electron chi connectivity index (χ1n) is 19.9. The summed E-state index contributed by atoms with van der Waals surface area (Å²) in [4.78, 5) is 85.5. The summed E-state index contributed by atoms with van der Waals surface area (Å²) in [6, 6.07) is 16.4. The Morgan fingerprint density at radius 3 is 1.39 bits per heavy atom. The van der Waals surface area contributed by atoms with Gasteiger partial charge >= 0.3 is 11.9 Å². The standard InChI is InChI=1S/C42H54N4O8S2/c1-53-41(51)33-15-9-17-35-45(33)39(49)31(21-23-55-35)43-37(47)29(25-27-11-5-3-6-12-27)19-20-30(26-28-13-7-4-8-14-28)38(48)44-32-22-24-56-36-18-10-16-34(42(52)54-2)46(36)40(32)50/h3-8,11-14,29-36H,9-10,15-26H2,1-2H3,(H,43,47)(H,44,48)/t29-,30-,31+,32+,33+,34+,35+,36+/m1/s1. The van der Waals surface area contributed by atoms with Gasteiger partial charge in [0, 0.05) is 11.8 Å². The number of esters is 2. The third kappa shape index (κ3) is 10.1. The van der Waals surface area contributed by atoms with Gasteiger partial charge in [0.2, 0.25) is 23.6 Å². The number of hydrogen-bond donors (Lipinski definition) is 2. The number of thioether (sulfide) groups is 2. The molecule has 4 fully saturated rings. The molecule has 6 rings (SSSR count). The van der Waals surface area contributed by atoms with Crippen molar-refractivity contribution in [2.24, 2.45) is 11.8 Å². The van der Waals surface area contributed by atoms with Crippen LogP contribution in [-0.4, -0.2) is 106 Å². The molecule has 4 amide bonds. The second-order valence-electron chi connectivity index (χ2n) is 15.1. The number of nitrogens with one attached hydrogen (secondary N) is 2. The molecule has 0 aromatic heterocycles. The van der Waals surface area contributed by atoms with Crippen LogP contribution in [0.1, 0.15) is 75.3 Å². The molecule has 2 aromatic rings. The van der Waals surface area contributed by atoms with Crippen LogP contribution >= 0.6 is 23.5 Å². The van der Waals surface area contributed by atoms with Crippen molar-refractivity contribution < 1.29 is 38.2 Å². The van der Waals surface area contributed by atoms with Gasteiger partial charge in [0.25, 0.3) is 0 Å². The van der Waals surface area contributed by atoms with Crippen LogP contribution < -0.4 is 10.6 Å². The van der Waals surface area contributed by atoms with Gasteiger partial charge in [0.15, 0.2) is 0 Å². The number of benzene rings is 2. The van der Waals surface area contributed by atoms with Crippen molar-refractivity contribution in [1.29, 1.82) is 0 Å². The fourth-order valence-corrected chi connectivity index (χ4v) is 11.3. The number of fused-ring (bicyclic) bond motifs is 2. The molecule has 4 heterocycles. The van der Waals surface area contributed by atoms with E-state index < -0.39 is 47.9 Å². The largest absolute Gasteiger partial charge is 0.467 e. The molecular weight excluding hydrogens is 753 g/mol. The van der Waals surface area contributed by atoms with Gasteiger partial charge in [-0.05, 0) is 99.7 Å². The van der Waals surface area contributed by atoms with E-state index in [2.05, 4.69) is 10.6 Å². The summed E-state index contributed by atoms with van der Waals surface area (Å²) in [5.74, 6) is -1.77. The Morgan fingerprint density at radius 1 is 0.625 bits per heavy atom. The van der Waals surface area contributed by atoms with E-state index >= 15 is 0 Å². The fourth-order valence-electron chi connectivity index (χ4n) is 8.53. The van der Waals surface area contributed by atoms with Gasteiger partial charge in [-0.2, -0.15) is 0 Å². The van der Waals surface area contributed by atoms with Crippen molar-refractivity contribution in [3.63, 3.8) is 0 Å². The molecule has 56 heavy (non-hydrogen) atoms. The smallest absolute Gasteiger partial charge is 0.328 e. The summed E-state index contributed by atoms with van der Waals surface area (Å²) >= 11 is 3.28. The van der Waals surface area contributed by atoms with Crippen LogP contribution in [-0.2, 0) is 51.1 Å². The lowest BCUT2D eigenvalue weighted by Gasteiger charge is -2.40. The molecule has 0 saturated carbocycles. The summed E-state index contributed by atoms with van der Waals surface area (Å²) < 4.78 is 10.1. The first kappa shape index (κ1) is 41.6. The summed E-state index contributed by atoms with van der Waals surface area (Å²) in [5, 5.41) is 5.86. The molecule has 302 valence electrons. The molecule has 0 aliphatic carbocycles. The van der Waals surface area contributed by atoms with Crippen molar-refractivity contribution in [2.45, 2.75) is 112 Å². The summed E-state index contributed by atoms with van der Waals surface area (Å²) in [6.45, 7) is 0.